The number of aryl methyl sites for hydroxylation is 2. The van der Waals surface area contributed by atoms with Crippen LogP contribution in [0.5, 0.6) is 0 Å². The maximum absolute atomic E-state index is 12.6. The van der Waals surface area contributed by atoms with Crippen LogP contribution in [0, 0.1) is 18.3 Å². The number of nitrogens with zero attached hydrogens (tertiary/aromatic N) is 4. The highest BCUT2D eigenvalue weighted by molar-refractivity contribution is 7.17. The summed E-state index contributed by atoms with van der Waals surface area (Å²) < 4.78 is 2.01. The second kappa shape index (κ2) is 5.72. The van der Waals surface area contributed by atoms with Crippen LogP contribution in [0.15, 0.2) is 0 Å². The van der Waals surface area contributed by atoms with Crippen LogP contribution in [0.4, 0.5) is 5.13 Å². The summed E-state index contributed by atoms with van der Waals surface area (Å²) in [5.74, 6) is 1.74. The SMILES string of the molecule is Cc1nnc2n1C[C@H](C(=O)Nc1nc3c(s1)C(=O)CC(C)(C)C3)CC2. The highest BCUT2D eigenvalue weighted by atomic mass is 32.1. The average molecular weight is 359 g/mol. The number of aromatic nitrogens is 4. The predicted molar refractivity (Wildman–Crippen MR) is 93.7 cm³/mol. The van der Waals surface area contributed by atoms with Crippen molar-refractivity contribution in [3.63, 3.8) is 0 Å². The third-order valence-corrected chi connectivity index (χ3v) is 6.02. The Morgan fingerprint density at radius 3 is 2.92 bits per heavy atom. The van der Waals surface area contributed by atoms with Gasteiger partial charge in [0.1, 0.15) is 11.6 Å². The monoisotopic (exact) mass is 359 g/mol. The van der Waals surface area contributed by atoms with Gasteiger partial charge in [0.05, 0.1) is 16.5 Å². The molecule has 0 aromatic carbocycles. The summed E-state index contributed by atoms with van der Waals surface area (Å²) in [7, 11) is 0. The number of hydrogen-bond acceptors (Lipinski definition) is 6. The van der Waals surface area contributed by atoms with Crippen molar-refractivity contribution >= 4 is 28.2 Å². The zero-order valence-corrected chi connectivity index (χ0v) is 15.4. The topological polar surface area (TPSA) is 89.8 Å². The van der Waals surface area contributed by atoms with E-state index in [1.807, 2.05) is 11.5 Å². The summed E-state index contributed by atoms with van der Waals surface area (Å²) in [6, 6.07) is 0. The number of ketones is 1. The molecule has 4 rings (SSSR count). The molecule has 0 saturated heterocycles. The molecule has 0 fully saturated rings. The number of nitrogens with one attached hydrogen (secondary N) is 1. The summed E-state index contributed by atoms with van der Waals surface area (Å²) >= 11 is 1.30. The van der Waals surface area contributed by atoms with Gasteiger partial charge in [0.25, 0.3) is 0 Å². The van der Waals surface area contributed by atoms with E-state index in [4.69, 9.17) is 0 Å². The van der Waals surface area contributed by atoms with Gasteiger partial charge in [-0.15, -0.1) is 10.2 Å². The molecule has 8 heteroatoms. The van der Waals surface area contributed by atoms with Crippen LogP contribution in [0.2, 0.25) is 0 Å². The molecule has 2 aromatic heterocycles. The molecule has 2 aliphatic rings. The Hall–Kier alpha value is -2.09. The van der Waals surface area contributed by atoms with Crippen LogP contribution in [-0.2, 0) is 24.2 Å². The van der Waals surface area contributed by atoms with Crippen molar-refractivity contribution in [3.05, 3.63) is 22.2 Å². The maximum Gasteiger partial charge on any atom is 0.231 e. The number of thiazole rings is 1. The first-order valence-electron chi connectivity index (χ1n) is 8.55. The molecule has 132 valence electrons. The zero-order valence-electron chi connectivity index (χ0n) is 14.6. The normalized spacial score (nSPS) is 21.6. The molecule has 2 aromatic rings. The van der Waals surface area contributed by atoms with Crippen molar-refractivity contribution in [3.8, 4) is 0 Å². The molecule has 0 saturated carbocycles. The summed E-state index contributed by atoms with van der Waals surface area (Å²) in [6.45, 7) is 6.65. The molecule has 1 N–H and O–H groups in total. The van der Waals surface area contributed by atoms with Crippen LogP contribution >= 0.6 is 11.3 Å². The van der Waals surface area contributed by atoms with Crippen molar-refractivity contribution in [2.24, 2.45) is 11.3 Å². The van der Waals surface area contributed by atoms with Gasteiger partial charge in [0.2, 0.25) is 5.91 Å². The molecular weight excluding hydrogens is 338 g/mol. The lowest BCUT2D eigenvalue weighted by molar-refractivity contribution is -0.120. The quantitative estimate of drug-likeness (QED) is 0.889. The molecule has 1 aliphatic carbocycles. The summed E-state index contributed by atoms with van der Waals surface area (Å²) in [5, 5.41) is 11.7. The number of Topliss-reactive ketones (excluding diaryl/α,β-unsaturated/α-hetero) is 1. The third kappa shape index (κ3) is 2.99. The molecule has 1 aliphatic heterocycles. The third-order valence-electron chi connectivity index (χ3n) is 4.97. The molecular formula is C17H21N5O2S. The van der Waals surface area contributed by atoms with Crippen LogP contribution in [0.1, 0.15) is 53.7 Å². The fourth-order valence-corrected chi connectivity index (χ4v) is 4.58. The van der Waals surface area contributed by atoms with E-state index in [0.717, 1.165) is 36.6 Å². The van der Waals surface area contributed by atoms with Gasteiger partial charge in [-0.2, -0.15) is 0 Å². The molecule has 3 heterocycles. The number of hydrogen-bond donors (Lipinski definition) is 1. The van der Waals surface area contributed by atoms with E-state index in [1.165, 1.54) is 11.3 Å². The number of amides is 1. The van der Waals surface area contributed by atoms with Crippen LogP contribution in [-0.4, -0.2) is 31.4 Å². The van der Waals surface area contributed by atoms with Gasteiger partial charge in [0.15, 0.2) is 10.9 Å². The first-order valence-corrected chi connectivity index (χ1v) is 9.36. The Kier molecular flexibility index (Phi) is 3.75. The maximum atomic E-state index is 12.6. The van der Waals surface area contributed by atoms with E-state index >= 15 is 0 Å². The molecule has 0 bridgehead atoms. The fraction of sp³-hybridized carbons (Fsp3) is 0.588. The van der Waals surface area contributed by atoms with Gasteiger partial charge in [-0.1, -0.05) is 25.2 Å². The van der Waals surface area contributed by atoms with Crippen molar-refractivity contribution in [2.75, 3.05) is 5.32 Å². The Bertz CT molecular complexity index is 867. The van der Waals surface area contributed by atoms with Crippen LogP contribution < -0.4 is 5.32 Å². The minimum Gasteiger partial charge on any atom is -0.314 e. The standard InChI is InChI=1S/C17H21N5O2S/c1-9-20-21-13-5-4-10(8-22(9)13)15(24)19-16-18-11-6-17(2,3)7-12(23)14(11)25-16/h10H,4-8H2,1-3H3,(H,18,19,24)/t10-/m1/s1. The lowest BCUT2D eigenvalue weighted by atomic mass is 9.78. The van der Waals surface area contributed by atoms with E-state index in [1.54, 1.807) is 0 Å². The molecule has 0 radical (unpaired) electrons. The van der Waals surface area contributed by atoms with Crippen LogP contribution in [0.25, 0.3) is 0 Å². The summed E-state index contributed by atoms with van der Waals surface area (Å²) in [4.78, 5) is 30.2. The van der Waals surface area contributed by atoms with Crippen LogP contribution in [0.3, 0.4) is 0 Å². The Morgan fingerprint density at radius 2 is 2.12 bits per heavy atom. The largest absolute Gasteiger partial charge is 0.314 e. The minimum absolute atomic E-state index is 0.0449. The zero-order chi connectivity index (χ0) is 17.8. The Labute approximate surface area is 149 Å². The van der Waals surface area contributed by atoms with Crippen molar-refractivity contribution in [2.45, 2.75) is 53.0 Å². The second-order valence-corrected chi connectivity index (χ2v) is 8.73. The highest BCUT2D eigenvalue weighted by Gasteiger charge is 2.34. The predicted octanol–water partition coefficient (Wildman–Crippen LogP) is 2.40. The first-order chi connectivity index (χ1) is 11.8. The van der Waals surface area contributed by atoms with Gasteiger partial charge in [0, 0.05) is 19.4 Å². The lowest BCUT2D eigenvalue weighted by Crippen LogP contribution is -2.31. The first kappa shape index (κ1) is 16.4. The molecule has 7 nitrogen and oxygen atoms in total. The summed E-state index contributed by atoms with van der Waals surface area (Å²) in [5.41, 5.74) is 0.757. The molecule has 0 unspecified atom stereocenters. The number of carbonyl (C=O) groups is 2. The van der Waals surface area contributed by atoms with Crippen molar-refractivity contribution in [1.29, 1.82) is 0 Å². The average Bonchev–Trinajstić information content (AvgIpc) is 3.10. The van der Waals surface area contributed by atoms with Crippen molar-refractivity contribution in [1.82, 2.24) is 19.7 Å². The summed E-state index contributed by atoms with van der Waals surface area (Å²) in [6.07, 6.45) is 2.81. The number of carbonyl (C=O) groups excluding carboxylic acids is 2. The molecule has 1 atom stereocenters. The van der Waals surface area contributed by atoms with E-state index in [-0.39, 0.29) is 23.0 Å². The van der Waals surface area contributed by atoms with Gasteiger partial charge < -0.3 is 9.88 Å². The number of anilines is 1. The highest BCUT2D eigenvalue weighted by Crippen LogP contribution is 2.38. The Morgan fingerprint density at radius 1 is 1.32 bits per heavy atom. The molecule has 0 spiro atoms. The van der Waals surface area contributed by atoms with E-state index in [2.05, 4.69) is 34.3 Å². The molecule has 25 heavy (non-hydrogen) atoms. The second-order valence-electron chi connectivity index (χ2n) is 7.73. The minimum atomic E-state index is -0.129. The lowest BCUT2D eigenvalue weighted by Gasteiger charge is -2.26. The van der Waals surface area contributed by atoms with E-state index in [0.29, 0.717) is 23.0 Å². The van der Waals surface area contributed by atoms with E-state index in [9.17, 15) is 9.59 Å². The van der Waals surface area contributed by atoms with Gasteiger partial charge >= 0.3 is 0 Å². The van der Waals surface area contributed by atoms with Gasteiger partial charge in [-0.05, 0) is 25.2 Å². The van der Waals surface area contributed by atoms with Gasteiger partial charge in [-0.3, -0.25) is 9.59 Å². The fourth-order valence-electron chi connectivity index (χ4n) is 3.66. The van der Waals surface area contributed by atoms with Gasteiger partial charge in [-0.25, -0.2) is 4.98 Å². The molecule has 1 amide bonds. The number of fused-ring (bicyclic) bond motifs is 2. The smallest absolute Gasteiger partial charge is 0.231 e. The van der Waals surface area contributed by atoms with E-state index < -0.39 is 0 Å². The van der Waals surface area contributed by atoms with Crippen molar-refractivity contribution < 1.29 is 9.59 Å². The number of rotatable bonds is 2. The Balaban J connectivity index is 1.49.